The number of carbonyl (C=O) groups excluding carboxylic acids is 3. The number of amides is 3. The minimum absolute atomic E-state index is 0.00434. The first-order valence-electron chi connectivity index (χ1n) is 11.1. The average Bonchev–Trinajstić information content (AvgIpc) is 2.79. The molecule has 2 atom stereocenters. The summed E-state index contributed by atoms with van der Waals surface area (Å²) < 4.78 is 0. The van der Waals surface area contributed by atoms with Crippen LogP contribution in [0.1, 0.15) is 38.8 Å². The summed E-state index contributed by atoms with van der Waals surface area (Å²) in [4.78, 5) is 53.1. The van der Waals surface area contributed by atoms with Crippen LogP contribution in [0.4, 0.5) is 0 Å². The lowest BCUT2D eigenvalue weighted by atomic mass is 9.97. The zero-order valence-corrected chi connectivity index (χ0v) is 19.7. The first kappa shape index (κ1) is 24.7. The van der Waals surface area contributed by atoms with Crippen LogP contribution in [0.15, 0.2) is 66.9 Å². The van der Waals surface area contributed by atoms with Crippen molar-refractivity contribution in [2.75, 3.05) is 0 Å². The van der Waals surface area contributed by atoms with Crippen LogP contribution in [0.25, 0.3) is 5.70 Å². The fraction of sp³-hybridized carbons (Fsp3) is 0.308. The molecule has 178 valence electrons. The van der Waals surface area contributed by atoms with Gasteiger partial charge in [0.05, 0.1) is 5.70 Å². The van der Waals surface area contributed by atoms with Crippen molar-refractivity contribution in [3.8, 4) is 0 Å². The van der Waals surface area contributed by atoms with E-state index < -0.39 is 29.9 Å². The lowest BCUT2D eigenvalue weighted by Crippen LogP contribution is -2.63. The van der Waals surface area contributed by atoms with Gasteiger partial charge in [0.1, 0.15) is 6.04 Å². The Morgan fingerprint density at radius 1 is 0.971 bits per heavy atom. The van der Waals surface area contributed by atoms with E-state index in [9.17, 15) is 24.3 Å². The van der Waals surface area contributed by atoms with Crippen LogP contribution in [0, 0.1) is 5.92 Å². The van der Waals surface area contributed by atoms with E-state index in [4.69, 9.17) is 0 Å². The maximum absolute atomic E-state index is 13.9. The largest absolute Gasteiger partial charge is 0.480 e. The molecular formula is C26H29N3O5. The molecular weight excluding hydrogens is 434 g/mol. The van der Waals surface area contributed by atoms with Gasteiger partial charge in [0.2, 0.25) is 11.8 Å². The standard InChI is InChI=1S/C26H29N3O5/c1-17(2)24-25(32)29(23(16-27(24)18(3)30)21-13-9-6-10-14-21)28(19(4)31)22(26(33)34)15-20-11-7-5-8-12-20/h5-14,16-17,22,24H,15H2,1-4H3,(H,33,34)/t22-,24?/m0/s1. The number of carboxylic acids is 1. The van der Waals surface area contributed by atoms with Gasteiger partial charge in [-0.2, -0.15) is 0 Å². The predicted octanol–water partition coefficient (Wildman–Crippen LogP) is 3.16. The van der Waals surface area contributed by atoms with Crippen molar-refractivity contribution in [1.82, 2.24) is 14.9 Å². The van der Waals surface area contributed by atoms with Crippen LogP contribution in [0.5, 0.6) is 0 Å². The van der Waals surface area contributed by atoms with Crippen LogP contribution in [0.3, 0.4) is 0 Å². The number of aliphatic carboxylic acids is 1. The highest BCUT2D eigenvalue weighted by Gasteiger charge is 2.45. The Morgan fingerprint density at radius 2 is 1.53 bits per heavy atom. The van der Waals surface area contributed by atoms with Crippen molar-refractivity contribution in [3.05, 3.63) is 78.0 Å². The molecule has 0 fully saturated rings. The zero-order valence-electron chi connectivity index (χ0n) is 19.7. The van der Waals surface area contributed by atoms with Gasteiger partial charge in [0.25, 0.3) is 5.91 Å². The number of hydrazine groups is 1. The molecule has 0 spiro atoms. The lowest BCUT2D eigenvalue weighted by Gasteiger charge is -2.46. The van der Waals surface area contributed by atoms with E-state index in [0.29, 0.717) is 11.1 Å². The molecule has 8 heteroatoms. The Kier molecular flexibility index (Phi) is 7.50. The van der Waals surface area contributed by atoms with E-state index in [1.165, 1.54) is 24.9 Å². The minimum atomic E-state index is -1.34. The molecule has 1 unspecified atom stereocenters. The molecule has 0 saturated carbocycles. The fourth-order valence-electron chi connectivity index (χ4n) is 4.17. The number of rotatable bonds is 7. The van der Waals surface area contributed by atoms with Crippen molar-refractivity contribution in [3.63, 3.8) is 0 Å². The highest BCUT2D eigenvalue weighted by atomic mass is 16.4. The van der Waals surface area contributed by atoms with Crippen LogP contribution in [-0.2, 0) is 25.6 Å². The topological polar surface area (TPSA) is 98.2 Å². The van der Waals surface area contributed by atoms with Gasteiger partial charge in [-0.3, -0.25) is 14.4 Å². The second-order valence-electron chi connectivity index (χ2n) is 8.55. The minimum Gasteiger partial charge on any atom is -0.480 e. The smallest absolute Gasteiger partial charge is 0.328 e. The van der Waals surface area contributed by atoms with Crippen LogP contribution >= 0.6 is 0 Å². The van der Waals surface area contributed by atoms with Gasteiger partial charge >= 0.3 is 5.97 Å². The van der Waals surface area contributed by atoms with Crippen LogP contribution < -0.4 is 0 Å². The van der Waals surface area contributed by atoms with E-state index in [1.54, 1.807) is 68.4 Å². The lowest BCUT2D eigenvalue weighted by molar-refractivity contribution is -0.172. The number of hydrogen-bond donors (Lipinski definition) is 1. The monoisotopic (exact) mass is 463 g/mol. The van der Waals surface area contributed by atoms with Gasteiger partial charge in [-0.25, -0.2) is 14.8 Å². The van der Waals surface area contributed by atoms with Crippen LogP contribution in [-0.4, -0.2) is 55.8 Å². The van der Waals surface area contributed by atoms with Crippen molar-refractivity contribution >= 4 is 29.4 Å². The molecule has 3 amide bonds. The normalized spacial score (nSPS) is 16.8. The SMILES string of the molecule is CC(=O)N1C=C(c2ccccc2)N(N(C(C)=O)[C@@H](Cc2ccccc2)C(=O)O)C(=O)C1C(C)C. The van der Waals surface area contributed by atoms with E-state index >= 15 is 0 Å². The molecule has 1 heterocycles. The number of carboxylic acid groups (broad SMARTS) is 1. The molecule has 2 aromatic rings. The summed E-state index contributed by atoms with van der Waals surface area (Å²) in [5, 5.41) is 12.3. The van der Waals surface area contributed by atoms with Gasteiger partial charge in [-0.05, 0) is 11.5 Å². The molecule has 8 nitrogen and oxygen atoms in total. The van der Waals surface area contributed by atoms with Crippen molar-refractivity contribution in [2.45, 2.75) is 46.2 Å². The first-order chi connectivity index (χ1) is 16.1. The molecule has 0 aliphatic carbocycles. The van der Waals surface area contributed by atoms with E-state index in [1.807, 2.05) is 6.07 Å². The Hall–Kier alpha value is -3.94. The Bertz CT molecular complexity index is 1100. The third-order valence-corrected chi connectivity index (χ3v) is 5.71. The van der Waals surface area contributed by atoms with Crippen LogP contribution in [0.2, 0.25) is 0 Å². The quantitative estimate of drug-likeness (QED) is 0.680. The van der Waals surface area contributed by atoms with Crippen molar-refractivity contribution in [2.24, 2.45) is 5.92 Å². The number of benzene rings is 2. The highest BCUT2D eigenvalue weighted by molar-refractivity contribution is 5.99. The molecule has 0 aromatic heterocycles. The second-order valence-corrected chi connectivity index (χ2v) is 8.55. The Morgan fingerprint density at radius 3 is 2.00 bits per heavy atom. The highest BCUT2D eigenvalue weighted by Crippen LogP contribution is 2.33. The molecule has 3 rings (SSSR count). The number of nitrogens with zero attached hydrogens (tertiary/aromatic N) is 3. The van der Waals surface area contributed by atoms with Gasteiger partial charge < -0.3 is 10.0 Å². The molecule has 0 radical (unpaired) electrons. The average molecular weight is 464 g/mol. The van der Waals surface area contributed by atoms with Gasteiger partial charge in [-0.1, -0.05) is 74.5 Å². The molecule has 1 aliphatic rings. The summed E-state index contributed by atoms with van der Waals surface area (Å²) in [6.07, 6.45) is 1.53. The maximum Gasteiger partial charge on any atom is 0.328 e. The van der Waals surface area contributed by atoms with Crippen molar-refractivity contribution < 1.29 is 24.3 Å². The third kappa shape index (κ3) is 5.01. The Labute approximate surface area is 199 Å². The third-order valence-electron chi connectivity index (χ3n) is 5.71. The van der Waals surface area contributed by atoms with E-state index in [2.05, 4.69) is 0 Å². The second kappa shape index (κ2) is 10.3. The summed E-state index contributed by atoms with van der Waals surface area (Å²) in [6.45, 7) is 6.21. The van der Waals surface area contributed by atoms with Crippen molar-refractivity contribution in [1.29, 1.82) is 0 Å². The molecule has 1 aliphatic heterocycles. The maximum atomic E-state index is 13.9. The van der Waals surface area contributed by atoms with E-state index in [-0.39, 0.29) is 23.9 Å². The summed E-state index contributed by atoms with van der Waals surface area (Å²) >= 11 is 0. The summed E-state index contributed by atoms with van der Waals surface area (Å²) in [5.41, 5.74) is 1.54. The predicted molar refractivity (Wildman–Crippen MR) is 127 cm³/mol. The molecule has 34 heavy (non-hydrogen) atoms. The molecule has 1 N–H and O–H groups in total. The molecule has 0 saturated heterocycles. The summed E-state index contributed by atoms with van der Waals surface area (Å²) in [7, 11) is 0. The zero-order chi connectivity index (χ0) is 25.0. The van der Waals surface area contributed by atoms with Gasteiger partial charge in [-0.15, -0.1) is 0 Å². The Balaban J connectivity index is 2.21. The van der Waals surface area contributed by atoms with E-state index in [0.717, 1.165) is 10.0 Å². The van der Waals surface area contributed by atoms with Gasteiger partial charge in [0.15, 0.2) is 6.04 Å². The molecule has 2 aromatic carbocycles. The summed E-state index contributed by atoms with van der Waals surface area (Å²) in [6, 6.07) is 15.5. The fourth-order valence-corrected chi connectivity index (χ4v) is 4.17. The first-order valence-corrected chi connectivity index (χ1v) is 11.1. The van der Waals surface area contributed by atoms with Gasteiger partial charge in [0, 0.05) is 32.0 Å². The summed E-state index contributed by atoms with van der Waals surface area (Å²) in [5.74, 6) is -2.99. The molecule has 0 bridgehead atoms. The number of carbonyl (C=O) groups is 4. The number of hydrogen-bond acceptors (Lipinski definition) is 4.